The minimum atomic E-state index is 0.0813. The molecule has 2 aromatic rings. The molecule has 4 heteroatoms. The molecule has 0 radical (unpaired) electrons. The van der Waals surface area contributed by atoms with Gasteiger partial charge in [0.15, 0.2) is 4.77 Å². The highest BCUT2D eigenvalue weighted by molar-refractivity contribution is 7.71. The van der Waals surface area contributed by atoms with E-state index < -0.39 is 0 Å². The van der Waals surface area contributed by atoms with Gasteiger partial charge in [0.25, 0.3) is 0 Å². The van der Waals surface area contributed by atoms with Crippen LogP contribution in [0.25, 0.3) is 0 Å². The third-order valence-corrected chi connectivity index (χ3v) is 4.58. The number of imidazole rings is 1. The summed E-state index contributed by atoms with van der Waals surface area (Å²) in [6.07, 6.45) is 2.06. The molecule has 0 saturated heterocycles. The normalized spacial score (nSPS) is 14.0. The lowest BCUT2D eigenvalue weighted by atomic mass is 9.91. The van der Waals surface area contributed by atoms with Crippen molar-refractivity contribution in [3.8, 4) is 0 Å². The zero-order chi connectivity index (χ0) is 14.2. The van der Waals surface area contributed by atoms with E-state index in [1.165, 1.54) is 10.6 Å². The molecule has 1 atom stereocenters. The number of hydrogen-bond acceptors (Lipinski definition) is 2. The Balaban J connectivity index is 2.61. The summed E-state index contributed by atoms with van der Waals surface area (Å²) in [5.74, 6) is 0.502. The second-order valence-corrected chi connectivity index (χ2v) is 7.67. The van der Waals surface area contributed by atoms with E-state index in [2.05, 4.69) is 67.9 Å². The van der Waals surface area contributed by atoms with Gasteiger partial charge in [-0.25, -0.2) is 0 Å². The van der Waals surface area contributed by atoms with Crippen molar-refractivity contribution in [3.05, 3.63) is 39.1 Å². The van der Waals surface area contributed by atoms with Gasteiger partial charge in [-0.15, -0.1) is 11.3 Å². The molecular formula is C15H22N2S2. The molecule has 19 heavy (non-hydrogen) atoms. The Labute approximate surface area is 124 Å². The first-order valence-electron chi connectivity index (χ1n) is 6.66. The van der Waals surface area contributed by atoms with E-state index in [0.717, 1.165) is 4.77 Å². The molecule has 1 N–H and O–H groups in total. The van der Waals surface area contributed by atoms with E-state index in [4.69, 9.17) is 12.2 Å². The number of nitrogens with zero attached hydrogens (tertiary/aromatic N) is 1. The second kappa shape index (κ2) is 5.25. The van der Waals surface area contributed by atoms with E-state index in [9.17, 15) is 0 Å². The number of H-pyrrole nitrogens is 1. The van der Waals surface area contributed by atoms with Crippen molar-refractivity contribution in [3.63, 3.8) is 0 Å². The average Bonchev–Trinajstić information content (AvgIpc) is 2.89. The van der Waals surface area contributed by atoms with Crippen molar-refractivity contribution in [2.45, 2.75) is 46.1 Å². The SMILES string of the molecule is CC(C)C(c1cccs1)n1c(C(C)(C)C)c[nH]c1=S. The summed E-state index contributed by atoms with van der Waals surface area (Å²) in [4.78, 5) is 4.59. The van der Waals surface area contributed by atoms with E-state index in [1.807, 2.05) is 0 Å². The number of nitrogens with one attached hydrogen (secondary N) is 1. The molecule has 0 aliphatic rings. The second-order valence-electron chi connectivity index (χ2n) is 6.30. The molecule has 0 aliphatic carbocycles. The van der Waals surface area contributed by atoms with Gasteiger partial charge in [0, 0.05) is 22.2 Å². The van der Waals surface area contributed by atoms with Crippen LogP contribution in [0, 0.1) is 10.7 Å². The van der Waals surface area contributed by atoms with Crippen LogP contribution in [-0.4, -0.2) is 9.55 Å². The molecule has 0 bridgehead atoms. The molecule has 0 aliphatic heterocycles. The van der Waals surface area contributed by atoms with Crippen molar-refractivity contribution in [2.24, 2.45) is 5.92 Å². The summed E-state index contributed by atoms with van der Waals surface area (Å²) in [6.45, 7) is 11.2. The van der Waals surface area contributed by atoms with Crippen molar-refractivity contribution < 1.29 is 0 Å². The fourth-order valence-electron chi connectivity index (χ4n) is 2.45. The van der Waals surface area contributed by atoms with Gasteiger partial charge >= 0.3 is 0 Å². The number of hydrogen-bond donors (Lipinski definition) is 1. The standard InChI is InChI=1S/C15H22N2S2/c1-10(2)13(11-7-6-8-19-11)17-12(15(3,4)5)9-16-14(17)18/h6-10,13H,1-5H3,(H,16,18). The summed E-state index contributed by atoms with van der Waals surface area (Å²) >= 11 is 7.33. The van der Waals surface area contributed by atoms with Crippen LogP contribution in [0.15, 0.2) is 23.7 Å². The minimum Gasteiger partial charge on any atom is -0.337 e. The fourth-order valence-corrected chi connectivity index (χ4v) is 3.71. The van der Waals surface area contributed by atoms with Crippen LogP contribution in [0.1, 0.15) is 51.2 Å². The summed E-state index contributed by atoms with van der Waals surface area (Å²) in [5.41, 5.74) is 1.35. The Bertz CT molecular complexity index is 582. The van der Waals surface area contributed by atoms with Crippen LogP contribution in [0.5, 0.6) is 0 Å². The van der Waals surface area contributed by atoms with Crippen molar-refractivity contribution in [1.82, 2.24) is 9.55 Å². The van der Waals surface area contributed by atoms with E-state index in [-0.39, 0.29) is 5.41 Å². The molecular weight excluding hydrogens is 272 g/mol. The van der Waals surface area contributed by atoms with Crippen LogP contribution in [0.4, 0.5) is 0 Å². The van der Waals surface area contributed by atoms with Crippen molar-refractivity contribution in [1.29, 1.82) is 0 Å². The molecule has 0 amide bonds. The van der Waals surface area contributed by atoms with Gasteiger partial charge in [0.2, 0.25) is 0 Å². The quantitative estimate of drug-likeness (QED) is 0.776. The topological polar surface area (TPSA) is 20.7 Å². The predicted octanol–water partition coefficient (Wildman–Crippen LogP) is 5.15. The number of aromatic amines is 1. The highest BCUT2D eigenvalue weighted by Crippen LogP contribution is 2.34. The predicted molar refractivity (Wildman–Crippen MR) is 85.6 cm³/mol. The molecule has 0 fully saturated rings. The maximum absolute atomic E-state index is 5.52. The largest absolute Gasteiger partial charge is 0.337 e. The summed E-state index contributed by atoms with van der Waals surface area (Å²) in [6, 6.07) is 4.63. The van der Waals surface area contributed by atoms with Gasteiger partial charge in [0.1, 0.15) is 0 Å². The Morgan fingerprint density at radius 3 is 2.47 bits per heavy atom. The molecule has 2 aromatic heterocycles. The van der Waals surface area contributed by atoms with Gasteiger partial charge < -0.3 is 9.55 Å². The summed E-state index contributed by atoms with van der Waals surface area (Å²) in [7, 11) is 0. The fraction of sp³-hybridized carbons (Fsp3) is 0.533. The lowest BCUT2D eigenvalue weighted by Gasteiger charge is -2.28. The average molecular weight is 294 g/mol. The Kier molecular flexibility index (Phi) is 4.02. The van der Waals surface area contributed by atoms with Gasteiger partial charge in [-0.05, 0) is 29.6 Å². The molecule has 0 aromatic carbocycles. The maximum atomic E-state index is 5.52. The molecule has 0 saturated carbocycles. The number of aromatic nitrogens is 2. The molecule has 1 unspecified atom stereocenters. The smallest absolute Gasteiger partial charge is 0.177 e. The minimum absolute atomic E-state index is 0.0813. The zero-order valence-electron chi connectivity index (χ0n) is 12.2. The number of rotatable bonds is 3. The van der Waals surface area contributed by atoms with E-state index in [1.54, 1.807) is 11.3 Å². The summed E-state index contributed by atoms with van der Waals surface area (Å²) < 4.78 is 3.11. The van der Waals surface area contributed by atoms with Gasteiger partial charge in [0.05, 0.1) is 6.04 Å². The Morgan fingerprint density at radius 1 is 1.32 bits per heavy atom. The molecule has 2 nitrogen and oxygen atoms in total. The number of thiophene rings is 1. The Hall–Kier alpha value is -0.870. The maximum Gasteiger partial charge on any atom is 0.177 e. The van der Waals surface area contributed by atoms with Crippen LogP contribution < -0.4 is 0 Å². The molecule has 0 spiro atoms. The molecule has 104 valence electrons. The first-order chi connectivity index (χ1) is 8.82. The van der Waals surface area contributed by atoms with Gasteiger partial charge in [-0.1, -0.05) is 40.7 Å². The van der Waals surface area contributed by atoms with Crippen LogP contribution in [0.3, 0.4) is 0 Å². The van der Waals surface area contributed by atoms with Crippen molar-refractivity contribution >= 4 is 23.6 Å². The van der Waals surface area contributed by atoms with Gasteiger partial charge in [-0.3, -0.25) is 0 Å². The zero-order valence-corrected chi connectivity index (χ0v) is 13.9. The lowest BCUT2D eigenvalue weighted by molar-refractivity contribution is 0.402. The van der Waals surface area contributed by atoms with Crippen LogP contribution >= 0.6 is 23.6 Å². The lowest BCUT2D eigenvalue weighted by Crippen LogP contribution is -2.24. The van der Waals surface area contributed by atoms with Crippen LogP contribution in [0.2, 0.25) is 0 Å². The third kappa shape index (κ3) is 2.84. The highest BCUT2D eigenvalue weighted by atomic mass is 32.1. The van der Waals surface area contributed by atoms with Crippen molar-refractivity contribution in [2.75, 3.05) is 0 Å². The first kappa shape index (κ1) is 14.5. The van der Waals surface area contributed by atoms with E-state index >= 15 is 0 Å². The summed E-state index contributed by atoms with van der Waals surface area (Å²) in [5, 5.41) is 2.14. The molecule has 2 rings (SSSR count). The monoisotopic (exact) mass is 294 g/mol. The highest BCUT2D eigenvalue weighted by Gasteiger charge is 2.27. The van der Waals surface area contributed by atoms with Gasteiger partial charge in [-0.2, -0.15) is 0 Å². The first-order valence-corrected chi connectivity index (χ1v) is 7.95. The van der Waals surface area contributed by atoms with Crippen LogP contribution in [-0.2, 0) is 5.41 Å². The third-order valence-electron chi connectivity index (χ3n) is 3.32. The Morgan fingerprint density at radius 2 is 2.00 bits per heavy atom. The van der Waals surface area contributed by atoms with E-state index in [0.29, 0.717) is 12.0 Å². The molecule has 2 heterocycles.